The first-order chi connectivity index (χ1) is 11.5. The molecule has 4 heteroatoms. The van der Waals surface area contributed by atoms with Crippen LogP contribution >= 0.6 is 0 Å². The minimum absolute atomic E-state index is 0.0324. The number of carbonyl (C=O) groups excluding carboxylic acids is 1. The first-order valence-electron chi connectivity index (χ1n) is 8.25. The van der Waals surface area contributed by atoms with E-state index in [0.29, 0.717) is 5.56 Å². The Kier molecular flexibility index (Phi) is 6.24. The van der Waals surface area contributed by atoms with Crippen molar-refractivity contribution in [3.8, 4) is 11.5 Å². The van der Waals surface area contributed by atoms with Crippen molar-refractivity contribution in [2.75, 3.05) is 7.11 Å². The fourth-order valence-corrected chi connectivity index (χ4v) is 2.46. The first kappa shape index (κ1) is 17.9. The second-order valence-corrected chi connectivity index (χ2v) is 5.90. The third-order valence-electron chi connectivity index (χ3n) is 3.72. The van der Waals surface area contributed by atoms with Crippen molar-refractivity contribution < 1.29 is 14.3 Å². The molecule has 0 unspecified atom stereocenters. The van der Waals surface area contributed by atoms with Crippen molar-refractivity contribution in [1.82, 2.24) is 5.32 Å². The highest BCUT2D eigenvalue weighted by atomic mass is 16.5. The standard InChI is InChI=1S/C20H25NO3/c1-5-19(15-6-10-17(23-4)11-7-15)21-20(22)16-8-12-18(13-9-16)24-14(2)3/h6-14,19H,5H2,1-4H3,(H,21,22)/t19-/m0/s1. The summed E-state index contributed by atoms with van der Waals surface area (Å²) in [5.74, 6) is 1.48. The maximum atomic E-state index is 12.5. The summed E-state index contributed by atoms with van der Waals surface area (Å²) in [6.07, 6.45) is 0.927. The van der Waals surface area contributed by atoms with Crippen molar-refractivity contribution in [2.24, 2.45) is 0 Å². The Balaban J connectivity index is 2.05. The zero-order valence-electron chi connectivity index (χ0n) is 14.7. The molecule has 0 spiro atoms. The van der Waals surface area contributed by atoms with Gasteiger partial charge in [-0.25, -0.2) is 0 Å². The van der Waals surface area contributed by atoms with Gasteiger partial charge in [-0.2, -0.15) is 0 Å². The summed E-state index contributed by atoms with van der Waals surface area (Å²) in [6.45, 7) is 6.00. The molecule has 2 aromatic rings. The molecule has 1 amide bonds. The molecule has 2 rings (SSSR count). The molecule has 0 bridgehead atoms. The van der Waals surface area contributed by atoms with Crippen molar-refractivity contribution in [1.29, 1.82) is 0 Å². The second kappa shape index (κ2) is 8.39. The lowest BCUT2D eigenvalue weighted by atomic mass is 10.0. The number of rotatable bonds is 7. The zero-order chi connectivity index (χ0) is 17.5. The van der Waals surface area contributed by atoms with Gasteiger partial charge in [0.05, 0.1) is 19.3 Å². The van der Waals surface area contributed by atoms with Gasteiger partial charge in [-0.05, 0) is 62.2 Å². The zero-order valence-corrected chi connectivity index (χ0v) is 14.7. The number of hydrogen-bond donors (Lipinski definition) is 1. The SMILES string of the molecule is CC[C@H](NC(=O)c1ccc(OC(C)C)cc1)c1ccc(OC)cc1. The third kappa shape index (κ3) is 4.75. The van der Waals surface area contributed by atoms with E-state index in [1.807, 2.05) is 50.2 Å². The van der Waals surface area contributed by atoms with Crippen LogP contribution < -0.4 is 14.8 Å². The van der Waals surface area contributed by atoms with Crippen LogP contribution in [0.1, 0.15) is 49.2 Å². The number of methoxy groups -OCH3 is 1. The van der Waals surface area contributed by atoms with Crippen molar-refractivity contribution >= 4 is 5.91 Å². The highest BCUT2D eigenvalue weighted by Crippen LogP contribution is 2.21. The van der Waals surface area contributed by atoms with E-state index in [0.717, 1.165) is 23.5 Å². The lowest BCUT2D eigenvalue weighted by Crippen LogP contribution is -2.28. The largest absolute Gasteiger partial charge is 0.497 e. The molecule has 0 saturated carbocycles. The molecule has 4 nitrogen and oxygen atoms in total. The highest BCUT2D eigenvalue weighted by molar-refractivity contribution is 5.94. The normalized spacial score (nSPS) is 11.9. The summed E-state index contributed by atoms with van der Waals surface area (Å²) in [5.41, 5.74) is 1.68. The van der Waals surface area contributed by atoms with Gasteiger partial charge in [0.25, 0.3) is 5.91 Å². The molecule has 0 fully saturated rings. The summed E-state index contributed by atoms with van der Waals surface area (Å²) in [4.78, 5) is 12.5. The lowest BCUT2D eigenvalue weighted by molar-refractivity contribution is 0.0935. The maximum Gasteiger partial charge on any atom is 0.251 e. The molecule has 1 N–H and O–H groups in total. The van der Waals surface area contributed by atoms with Gasteiger partial charge in [-0.15, -0.1) is 0 Å². The van der Waals surface area contributed by atoms with E-state index < -0.39 is 0 Å². The van der Waals surface area contributed by atoms with E-state index in [9.17, 15) is 4.79 Å². The third-order valence-corrected chi connectivity index (χ3v) is 3.72. The topological polar surface area (TPSA) is 47.6 Å². The van der Waals surface area contributed by atoms with Gasteiger partial charge >= 0.3 is 0 Å². The molecule has 0 aliphatic carbocycles. The van der Waals surface area contributed by atoms with Gasteiger partial charge in [0.1, 0.15) is 11.5 Å². The van der Waals surface area contributed by atoms with Crippen molar-refractivity contribution in [3.63, 3.8) is 0 Å². The predicted molar refractivity (Wildman–Crippen MR) is 95.7 cm³/mol. The smallest absolute Gasteiger partial charge is 0.251 e. The number of amides is 1. The highest BCUT2D eigenvalue weighted by Gasteiger charge is 2.14. The summed E-state index contributed by atoms with van der Waals surface area (Å²) in [7, 11) is 1.64. The molecule has 24 heavy (non-hydrogen) atoms. The fraction of sp³-hybridized carbons (Fsp3) is 0.350. The van der Waals surface area contributed by atoms with Gasteiger partial charge < -0.3 is 14.8 Å². The Labute approximate surface area is 143 Å². The van der Waals surface area contributed by atoms with E-state index >= 15 is 0 Å². The Bertz CT molecular complexity index is 648. The van der Waals surface area contributed by atoms with E-state index in [1.54, 1.807) is 19.2 Å². The molecule has 0 aliphatic heterocycles. The van der Waals surface area contributed by atoms with Crippen LogP contribution in [0.2, 0.25) is 0 Å². The van der Waals surface area contributed by atoms with Gasteiger partial charge in [-0.3, -0.25) is 4.79 Å². The van der Waals surface area contributed by atoms with Crippen LogP contribution in [0.5, 0.6) is 11.5 Å². The van der Waals surface area contributed by atoms with Crippen LogP contribution in [0.15, 0.2) is 48.5 Å². The van der Waals surface area contributed by atoms with Gasteiger partial charge in [0.15, 0.2) is 0 Å². The average Bonchev–Trinajstić information content (AvgIpc) is 2.59. The molecule has 0 saturated heterocycles. The molecule has 1 atom stereocenters. The molecule has 0 aliphatic rings. The summed E-state index contributed by atoms with van der Waals surface area (Å²) < 4.78 is 10.8. The van der Waals surface area contributed by atoms with Crippen molar-refractivity contribution in [3.05, 3.63) is 59.7 Å². The molecule has 0 aromatic heterocycles. The van der Waals surface area contributed by atoms with Crippen LogP contribution in [0.4, 0.5) is 0 Å². The minimum Gasteiger partial charge on any atom is -0.497 e. The molecule has 0 heterocycles. The maximum absolute atomic E-state index is 12.5. The Morgan fingerprint density at radius 1 is 1.00 bits per heavy atom. The summed E-state index contributed by atoms with van der Waals surface area (Å²) in [6, 6.07) is 15.0. The average molecular weight is 327 g/mol. The quantitative estimate of drug-likeness (QED) is 0.822. The summed E-state index contributed by atoms with van der Waals surface area (Å²) in [5, 5.41) is 3.08. The molecule has 0 radical (unpaired) electrons. The van der Waals surface area contributed by atoms with E-state index in [2.05, 4.69) is 12.2 Å². The Morgan fingerprint density at radius 2 is 1.58 bits per heavy atom. The first-order valence-corrected chi connectivity index (χ1v) is 8.25. The van der Waals surface area contributed by atoms with Crippen molar-refractivity contribution in [2.45, 2.75) is 39.3 Å². The predicted octanol–water partition coefficient (Wildman–Crippen LogP) is 4.36. The van der Waals surface area contributed by atoms with Crippen LogP contribution in [0.25, 0.3) is 0 Å². The molecule has 128 valence electrons. The number of nitrogens with one attached hydrogen (secondary N) is 1. The Hall–Kier alpha value is -2.49. The van der Waals surface area contributed by atoms with E-state index in [-0.39, 0.29) is 18.1 Å². The van der Waals surface area contributed by atoms with Crippen LogP contribution in [0, 0.1) is 0 Å². The lowest BCUT2D eigenvalue weighted by Gasteiger charge is -2.18. The van der Waals surface area contributed by atoms with Crippen LogP contribution in [-0.4, -0.2) is 19.1 Å². The molecular weight excluding hydrogens is 302 g/mol. The van der Waals surface area contributed by atoms with E-state index in [1.165, 1.54) is 0 Å². The van der Waals surface area contributed by atoms with Gasteiger partial charge in [-0.1, -0.05) is 19.1 Å². The number of carbonyl (C=O) groups is 1. The van der Waals surface area contributed by atoms with E-state index in [4.69, 9.17) is 9.47 Å². The molecular formula is C20H25NO3. The van der Waals surface area contributed by atoms with Crippen LogP contribution in [-0.2, 0) is 0 Å². The number of hydrogen-bond acceptors (Lipinski definition) is 3. The van der Waals surface area contributed by atoms with Gasteiger partial charge in [0, 0.05) is 5.56 Å². The summed E-state index contributed by atoms with van der Waals surface area (Å²) >= 11 is 0. The Morgan fingerprint density at radius 3 is 2.08 bits per heavy atom. The second-order valence-electron chi connectivity index (χ2n) is 5.90. The monoisotopic (exact) mass is 327 g/mol. The fourth-order valence-electron chi connectivity index (χ4n) is 2.46. The minimum atomic E-state index is -0.0891. The molecule has 2 aromatic carbocycles. The van der Waals surface area contributed by atoms with Gasteiger partial charge in [0.2, 0.25) is 0 Å². The number of benzene rings is 2. The van der Waals surface area contributed by atoms with Crippen LogP contribution in [0.3, 0.4) is 0 Å². The number of ether oxygens (including phenoxy) is 2.